The third kappa shape index (κ3) is 1.97. The summed E-state index contributed by atoms with van der Waals surface area (Å²) in [6.07, 6.45) is 4.15. The molecule has 7 atom stereocenters. The standard InChI is InChI=1S/C29H54/c1-19(2)27(13)21(5)16-24(10)18-25(11)23(8,9)28(14,20(3)4)22(6,7)17-26(25,12)29(24,27)15/h19-21H,16-18H2,1-15H3. The van der Waals surface area contributed by atoms with Crippen LogP contribution in [0.25, 0.3) is 0 Å². The minimum absolute atomic E-state index is 0.280. The van der Waals surface area contributed by atoms with Crippen LogP contribution in [-0.4, -0.2) is 0 Å². The van der Waals surface area contributed by atoms with E-state index in [0.29, 0.717) is 49.7 Å². The number of hydrogen-bond acceptors (Lipinski definition) is 0. The van der Waals surface area contributed by atoms with Crippen LogP contribution in [0.15, 0.2) is 0 Å². The summed E-state index contributed by atoms with van der Waals surface area (Å²) >= 11 is 0. The summed E-state index contributed by atoms with van der Waals surface area (Å²) in [5.41, 5.74) is 2.74. The first-order valence-electron chi connectivity index (χ1n) is 12.7. The van der Waals surface area contributed by atoms with Gasteiger partial charge in [-0.1, -0.05) is 104 Å². The van der Waals surface area contributed by atoms with Gasteiger partial charge in [0.05, 0.1) is 0 Å². The molecule has 0 aromatic rings. The Balaban J connectivity index is 2.39. The second-order valence-corrected chi connectivity index (χ2v) is 15.1. The van der Waals surface area contributed by atoms with Crippen LogP contribution in [0.1, 0.15) is 123 Å². The molecule has 3 saturated carbocycles. The monoisotopic (exact) mass is 402 g/mol. The number of rotatable bonds is 2. The fraction of sp³-hybridized carbons (Fsp3) is 1.00. The smallest absolute Gasteiger partial charge is 0.0153 e. The molecule has 3 rings (SSSR count). The van der Waals surface area contributed by atoms with E-state index in [0.717, 1.165) is 5.92 Å². The van der Waals surface area contributed by atoms with E-state index in [1.54, 1.807) is 0 Å². The molecule has 0 spiro atoms. The van der Waals surface area contributed by atoms with Crippen LogP contribution < -0.4 is 0 Å². The summed E-state index contributed by atoms with van der Waals surface area (Å²) in [6, 6.07) is 0. The number of fused-ring (bicyclic) bond motifs is 3. The van der Waals surface area contributed by atoms with Crippen molar-refractivity contribution in [2.24, 2.45) is 61.1 Å². The SMILES string of the molecule is CC(C)C1(C)C(C)CC2(C)CC3(C)C(C)(C)C(C)(C(C)C)C(C)(C)CC3(C)C21C. The first-order chi connectivity index (χ1) is 12.7. The van der Waals surface area contributed by atoms with Gasteiger partial charge in [0, 0.05) is 0 Å². The lowest BCUT2D eigenvalue weighted by molar-refractivity contribution is -0.271. The summed E-state index contributed by atoms with van der Waals surface area (Å²) in [5.74, 6) is 2.20. The molecule has 0 saturated heterocycles. The van der Waals surface area contributed by atoms with Gasteiger partial charge in [-0.2, -0.15) is 0 Å². The highest BCUT2D eigenvalue weighted by atomic mass is 14.9. The van der Waals surface area contributed by atoms with Gasteiger partial charge < -0.3 is 0 Å². The summed E-state index contributed by atoms with van der Waals surface area (Å²) in [7, 11) is 0. The van der Waals surface area contributed by atoms with E-state index in [9.17, 15) is 0 Å². The first-order valence-corrected chi connectivity index (χ1v) is 12.7. The Labute approximate surface area is 184 Å². The average Bonchev–Trinajstić information content (AvgIpc) is 2.78. The molecule has 0 amide bonds. The highest BCUT2D eigenvalue weighted by Gasteiger charge is 2.84. The maximum Gasteiger partial charge on any atom is -0.0153 e. The Bertz CT molecular complexity index is 697. The van der Waals surface area contributed by atoms with Crippen molar-refractivity contribution in [1.82, 2.24) is 0 Å². The molecule has 0 heteroatoms. The van der Waals surface area contributed by atoms with Gasteiger partial charge in [0.1, 0.15) is 0 Å². The second-order valence-electron chi connectivity index (χ2n) is 15.1. The predicted molar refractivity (Wildman–Crippen MR) is 129 cm³/mol. The van der Waals surface area contributed by atoms with Gasteiger partial charge in [-0.05, 0) is 80.3 Å². The molecular weight excluding hydrogens is 348 g/mol. The lowest BCUT2D eigenvalue weighted by Crippen LogP contribution is -2.69. The molecule has 0 bridgehead atoms. The minimum Gasteiger partial charge on any atom is -0.0622 e. The summed E-state index contributed by atoms with van der Waals surface area (Å²) < 4.78 is 0. The molecule has 170 valence electrons. The fourth-order valence-corrected chi connectivity index (χ4v) is 11.7. The van der Waals surface area contributed by atoms with E-state index in [-0.39, 0.29) is 5.41 Å². The minimum atomic E-state index is 0.280. The summed E-state index contributed by atoms with van der Waals surface area (Å²) in [4.78, 5) is 0. The van der Waals surface area contributed by atoms with Crippen LogP contribution >= 0.6 is 0 Å². The van der Waals surface area contributed by atoms with E-state index in [1.165, 1.54) is 19.3 Å². The van der Waals surface area contributed by atoms with E-state index in [1.807, 2.05) is 0 Å². The molecule has 29 heavy (non-hydrogen) atoms. The molecule has 7 unspecified atom stereocenters. The van der Waals surface area contributed by atoms with E-state index >= 15 is 0 Å². The number of hydrogen-bond donors (Lipinski definition) is 0. The molecule has 0 aromatic heterocycles. The third-order valence-electron chi connectivity index (χ3n) is 14.4. The van der Waals surface area contributed by atoms with Crippen LogP contribution in [0, 0.1) is 61.1 Å². The molecule has 0 aromatic carbocycles. The maximum absolute atomic E-state index is 2.76. The zero-order chi connectivity index (χ0) is 22.9. The lowest BCUT2D eigenvalue weighted by atomic mass is 9.29. The quantitative estimate of drug-likeness (QED) is 0.431. The normalized spacial score (nSPS) is 56.0. The molecular formula is C29H54. The highest BCUT2D eigenvalue weighted by molar-refractivity contribution is 5.32. The lowest BCUT2D eigenvalue weighted by Gasteiger charge is -2.75. The molecule has 0 heterocycles. The van der Waals surface area contributed by atoms with Crippen LogP contribution in [0.5, 0.6) is 0 Å². The zero-order valence-electron chi connectivity index (χ0n) is 22.9. The van der Waals surface area contributed by atoms with Gasteiger partial charge >= 0.3 is 0 Å². The molecule has 0 radical (unpaired) electrons. The average molecular weight is 403 g/mol. The maximum atomic E-state index is 2.76. The van der Waals surface area contributed by atoms with Crippen molar-refractivity contribution in [3.8, 4) is 0 Å². The molecule has 3 aliphatic carbocycles. The van der Waals surface area contributed by atoms with Crippen molar-refractivity contribution < 1.29 is 0 Å². The van der Waals surface area contributed by atoms with E-state index < -0.39 is 0 Å². The molecule has 0 nitrogen and oxygen atoms in total. The first kappa shape index (κ1) is 23.7. The molecule has 0 aliphatic heterocycles. The van der Waals surface area contributed by atoms with Gasteiger partial charge in [-0.15, -0.1) is 0 Å². The Morgan fingerprint density at radius 3 is 1.55 bits per heavy atom. The van der Waals surface area contributed by atoms with Crippen molar-refractivity contribution in [3.05, 3.63) is 0 Å². The van der Waals surface area contributed by atoms with E-state index in [2.05, 4.69) is 104 Å². The molecule has 0 N–H and O–H groups in total. The van der Waals surface area contributed by atoms with Crippen molar-refractivity contribution >= 4 is 0 Å². The fourth-order valence-electron chi connectivity index (χ4n) is 11.7. The van der Waals surface area contributed by atoms with Crippen molar-refractivity contribution in [2.45, 2.75) is 123 Å². The Morgan fingerprint density at radius 1 is 0.655 bits per heavy atom. The van der Waals surface area contributed by atoms with Gasteiger partial charge in [-0.3, -0.25) is 0 Å². The van der Waals surface area contributed by atoms with Crippen LogP contribution in [0.3, 0.4) is 0 Å². The van der Waals surface area contributed by atoms with Gasteiger partial charge in [0.2, 0.25) is 0 Å². The van der Waals surface area contributed by atoms with Gasteiger partial charge in [0.15, 0.2) is 0 Å². The Kier molecular flexibility index (Phi) is 4.63. The highest BCUT2D eigenvalue weighted by Crippen LogP contribution is 2.91. The van der Waals surface area contributed by atoms with Crippen molar-refractivity contribution in [3.63, 3.8) is 0 Å². The van der Waals surface area contributed by atoms with Gasteiger partial charge in [-0.25, -0.2) is 0 Å². The Morgan fingerprint density at radius 2 is 1.14 bits per heavy atom. The zero-order valence-corrected chi connectivity index (χ0v) is 22.9. The van der Waals surface area contributed by atoms with Crippen molar-refractivity contribution in [2.75, 3.05) is 0 Å². The topological polar surface area (TPSA) is 0 Å². The second kappa shape index (κ2) is 5.67. The Hall–Kier alpha value is 0. The molecule has 3 fully saturated rings. The summed E-state index contributed by atoms with van der Waals surface area (Å²) in [5, 5.41) is 0. The van der Waals surface area contributed by atoms with E-state index in [4.69, 9.17) is 0 Å². The third-order valence-corrected chi connectivity index (χ3v) is 14.4. The van der Waals surface area contributed by atoms with Crippen LogP contribution in [0.4, 0.5) is 0 Å². The predicted octanol–water partition coefficient (Wildman–Crippen LogP) is 9.24. The van der Waals surface area contributed by atoms with Crippen molar-refractivity contribution in [1.29, 1.82) is 0 Å². The summed E-state index contributed by atoms with van der Waals surface area (Å²) in [6.45, 7) is 39.4. The van der Waals surface area contributed by atoms with Crippen LogP contribution in [0.2, 0.25) is 0 Å². The van der Waals surface area contributed by atoms with Crippen LogP contribution in [-0.2, 0) is 0 Å². The largest absolute Gasteiger partial charge is 0.0622 e. The molecule has 3 aliphatic rings. The van der Waals surface area contributed by atoms with Gasteiger partial charge in [0.25, 0.3) is 0 Å².